The predicted octanol–water partition coefficient (Wildman–Crippen LogP) is 4.84. The highest BCUT2D eigenvalue weighted by Gasteiger charge is 2.28. The molecule has 0 unspecified atom stereocenters. The van der Waals surface area contributed by atoms with Crippen LogP contribution in [0.25, 0.3) is 0 Å². The van der Waals surface area contributed by atoms with Crippen molar-refractivity contribution in [2.75, 3.05) is 17.1 Å². The summed E-state index contributed by atoms with van der Waals surface area (Å²) < 4.78 is 26.5. The van der Waals surface area contributed by atoms with Crippen LogP contribution in [0.15, 0.2) is 42.5 Å². The summed E-state index contributed by atoms with van der Waals surface area (Å²) in [7, 11) is -3.55. The summed E-state index contributed by atoms with van der Waals surface area (Å²) in [6, 6.07) is 12.0. The number of carbonyl (C=O) groups is 2. The maximum Gasteiger partial charge on any atom is 0.242 e. The van der Waals surface area contributed by atoms with Crippen LogP contribution in [0.2, 0.25) is 5.02 Å². The van der Waals surface area contributed by atoms with E-state index >= 15 is 0 Å². The molecule has 9 heteroatoms. The predicted molar refractivity (Wildman–Crippen MR) is 147 cm³/mol. The number of hydrogen-bond donors (Lipinski definition) is 1. The number of carbonyl (C=O) groups excluding carboxylic acids is 2. The van der Waals surface area contributed by atoms with Crippen LogP contribution in [0.3, 0.4) is 0 Å². The van der Waals surface area contributed by atoms with E-state index in [0.29, 0.717) is 17.1 Å². The molecule has 2 aromatic carbocycles. The maximum absolute atomic E-state index is 13.4. The molecule has 2 amide bonds. The number of amides is 2. The highest BCUT2D eigenvalue weighted by Crippen LogP contribution is 2.26. The van der Waals surface area contributed by atoms with Gasteiger partial charge in [-0.3, -0.25) is 13.9 Å². The summed E-state index contributed by atoms with van der Waals surface area (Å²) in [6.45, 7) is 9.75. The van der Waals surface area contributed by atoms with Crippen LogP contribution in [-0.2, 0) is 26.2 Å². The van der Waals surface area contributed by atoms with Crippen molar-refractivity contribution in [1.29, 1.82) is 0 Å². The van der Waals surface area contributed by atoms with Crippen LogP contribution >= 0.6 is 11.6 Å². The number of hydrogen-bond acceptors (Lipinski definition) is 4. The molecule has 0 aliphatic rings. The van der Waals surface area contributed by atoms with Crippen LogP contribution in [-0.4, -0.2) is 50.0 Å². The Balaban J connectivity index is 2.22. The fraction of sp³-hybridized carbons (Fsp3) is 0.481. The lowest BCUT2D eigenvalue weighted by atomic mass is 10.1. The SMILES string of the molecule is CC[C@H](C)NC(=O)[C@@H](C)N(Cc1ccccc1Cl)C(=O)CCCN(c1cccc(C)c1C)S(C)(=O)=O. The van der Waals surface area contributed by atoms with E-state index in [4.69, 9.17) is 11.6 Å². The summed E-state index contributed by atoms with van der Waals surface area (Å²) in [5.41, 5.74) is 3.22. The lowest BCUT2D eigenvalue weighted by molar-refractivity contribution is -0.140. The van der Waals surface area contributed by atoms with Crippen LogP contribution in [0, 0.1) is 13.8 Å². The molecule has 0 aromatic heterocycles. The molecule has 0 radical (unpaired) electrons. The minimum atomic E-state index is -3.55. The molecule has 2 aromatic rings. The van der Waals surface area contributed by atoms with Gasteiger partial charge in [-0.25, -0.2) is 8.42 Å². The zero-order chi connectivity index (χ0) is 27.0. The van der Waals surface area contributed by atoms with E-state index in [1.54, 1.807) is 19.1 Å². The smallest absolute Gasteiger partial charge is 0.242 e. The summed E-state index contributed by atoms with van der Waals surface area (Å²) in [4.78, 5) is 27.8. The molecule has 36 heavy (non-hydrogen) atoms. The first-order valence-electron chi connectivity index (χ1n) is 12.2. The van der Waals surface area contributed by atoms with Gasteiger partial charge in [0.15, 0.2) is 0 Å². The van der Waals surface area contributed by atoms with E-state index in [9.17, 15) is 18.0 Å². The van der Waals surface area contributed by atoms with Crippen molar-refractivity contribution < 1.29 is 18.0 Å². The number of sulfonamides is 1. The first-order chi connectivity index (χ1) is 16.9. The molecule has 2 rings (SSSR count). The fourth-order valence-electron chi connectivity index (χ4n) is 3.85. The highest BCUT2D eigenvalue weighted by molar-refractivity contribution is 7.92. The van der Waals surface area contributed by atoms with Crippen LogP contribution in [0.1, 0.15) is 56.7 Å². The van der Waals surface area contributed by atoms with E-state index in [0.717, 1.165) is 23.1 Å². The quantitative estimate of drug-likeness (QED) is 0.421. The average Bonchev–Trinajstić information content (AvgIpc) is 2.82. The van der Waals surface area contributed by atoms with Crippen molar-refractivity contribution in [3.05, 3.63) is 64.2 Å². The molecule has 2 atom stereocenters. The Hall–Kier alpha value is -2.58. The molecule has 1 N–H and O–H groups in total. The lowest BCUT2D eigenvalue weighted by Gasteiger charge is -2.30. The minimum Gasteiger partial charge on any atom is -0.352 e. The van der Waals surface area contributed by atoms with Crippen molar-refractivity contribution >= 4 is 39.1 Å². The van der Waals surface area contributed by atoms with Gasteiger partial charge in [0.25, 0.3) is 0 Å². The minimum absolute atomic E-state index is 0.0156. The molecule has 0 spiro atoms. The van der Waals surface area contributed by atoms with Crippen molar-refractivity contribution in [1.82, 2.24) is 10.2 Å². The number of anilines is 1. The third kappa shape index (κ3) is 7.96. The monoisotopic (exact) mass is 535 g/mol. The fourth-order valence-corrected chi connectivity index (χ4v) is 5.06. The average molecular weight is 536 g/mol. The summed E-state index contributed by atoms with van der Waals surface area (Å²) in [5, 5.41) is 3.46. The third-order valence-electron chi connectivity index (χ3n) is 6.46. The number of nitrogens with one attached hydrogen (secondary N) is 1. The Morgan fingerprint density at radius 3 is 2.33 bits per heavy atom. The molecule has 0 heterocycles. The van der Waals surface area contributed by atoms with Gasteiger partial charge >= 0.3 is 0 Å². The first kappa shape index (κ1) is 29.6. The van der Waals surface area contributed by atoms with Crippen molar-refractivity contribution in [3.8, 4) is 0 Å². The molecule has 0 saturated heterocycles. The molecule has 0 aliphatic heterocycles. The van der Waals surface area contributed by atoms with Crippen molar-refractivity contribution in [3.63, 3.8) is 0 Å². The second-order valence-electron chi connectivity index (χ2n) is 9.26. The Morgan fingerprint density at radius 2 is 1.72 bits per heavy atom. The molecular formula is C27H38ClN3O4S. The molecule has 198 valence electrons. The largest absolute Gasteiger partial charge is 0.352 e. The van der Waals surface area contributed by atoms with E-state index in [-0.39, 0.29) is 37.4 Å². The van der Waals surface area contributed by atoms with Crippen LogP contribution < -0.4 is 9.62 Å². The van der Waals surface area contributed by atoms with Crippen molar-refractivity contribution in [2.45, 2.75) is 72.5 Å². The Kier molecular flexibility index (Phi) is 10.8. The van der Waals surface area contributed by atoms with Gasteiger partial charge in [-0.1, -0.05) is 48.9 Å². The molecular weight excluding hydrogens is 498 g/mol. The van der Waals surface area contributed by atoms with E-state index in [1.807, 2.05) is 58.0 Å². The van der Waals surface area contributed by atoms with Crippen LogP contribution in [0.4, 0.5) is 5.69 Å². The molecule has 0 saturated carbocycles. The molecule has 0 fully saturated rings. The van der Waals surface area contributed by atoms with E-state index in [1.165, 1.54) is 15.5 Å². The van der Waals surface area contributed by atoms with Gasteiger partial charge < -0.3 is 10.2 Å². The second-order valence-corrected chi connectivity index (χ2v) is 11.6. The van der Waals surface area contributed by atoms with Gasteiger partial charge in [0.1, 0.15) is 6.04 Å². The van der Waals surface area contributed by atoms with E-state index in [2.05, 4.69) is 5.32 Å². The number of benzene rings is 2. The van der Waals surface area contributed by atoms with Gasteiger partial charge in [0.2, 0.25) is 21.8 Å². The van der Waals surface area contributed by atoms with Gasteiger partial charge in [0, 0.05) is 30.6 Å². The van der Waals surface area contributed by atoms with Gasteiger partial charge in [-0.05, 0) is 69.4 Å². The Morgan fingerprint density at radius 1 is 1.06 bits per heavy atom. The molecule has 0 bridgehead atoms. The standard InChI is InChI=1S/C27H38ClN3O4S/c1-7-20(3)29-27(33)22(5)30(18-23-13-8-9-14-24(23)28)26(32)16-11-17-31(36(6,34)35)25-15-10-12-19(2)21(25)4/h8-10,12-15,20,22H,7,11,16-18H2,1-6H3,(H,29,33)/t20-,22+/m0/s1. The molecule has 0 aliphatic carbocycles. The van der Waals surface area contributed by atoms with Crippen molar-refractivity contribution in [2.24, 2.45) is 0 Å². The summed E-state index contributed by atoms with van der Waals surface area (Å²) in [6.07, 6.45) is 2.33. The number of halogens is 1. The van der Waals surface area contributed by atoms with Crippen LogP contribution in [0.5, 0.6) is 0 Å². The number of aryl methyl sites for hydroxylation is 1. The zero-order valence-corrected chi connectivity index (χ0v) is 23.6. The third-order valence-corrected chi connectivity index (χ3v) is 8.01. The zero-order valence-electron chi connectivity index (χ0n) is 22.0. The Bertz CT molecular complexity index is 1170. The first-order valence-corrected chi connectivity index (χ1v) is 14.5. The highest BCUT2D eigenvalue weighted by atomic mass is 35.5. The molecule has 7 nitrogen and oxygen atoms in total. The summed E-state index contributed by atoms with van der Waals surface area (Å²) in [5.74, 6) is -0.478. The maximum atomic E-state index is 13.4. The normalized spacial score (nSPS) is 13.1. The topological polar surface area (TPSA) is 86.8 Å². The summed E-state index contributed by atoms with van der Waals surface area (Å²) >= 11 is 6.34. The van der Waals surface area contributed by atoms with Gasteiger partial charge in [-0.2, -0.15) is 0 Å². The van der Waals surface area contributed by atoms with Gasteiger partial charge in [0.05, 0.1) is 11.9 Å². The van der Waals surface area contributed by atoms with Gasteiger partial charge in [-0.15, -0.1) is 0 Å². The Labute approximate surface area is 220 Å². The number of rotatable bonds is 12. The number of nitrogens with zero attached hydrogens (tertiary/aromatic N) is 2. The lowest BCUT2D eigenvalue weighted by Crippen LogP contribution is -2.49. The second kappa shape index (κ2) is 13.1. The van der Waals surface area contributed by atoms with E-state index < -0.39 is 16.1 Å².